The lowest BCUT2D eigenvalue weighted by atomic mass is 10.1. The summed E-state index contributed by atoms with van der Waals surface area (Å²) in [4.78, 5) is 14.0. The molecule has 0 aliphatic heterocycles. The highest BCUT2D eigenvalue weighted by Crippen LogP contribution is 2.31. The van der Waals surface area contributed by atoms with Crippen LogP contribution in [0.3, 0.4) is 0 Å². The van der Waals surface area contributed by atoms with E-state index in [4.69, 9.17) is 5.11 Å². The number of aryl methyl sites for hydroxylation is 1. The fraction of sp³-hybridized carbons (Fsp3) is 0.0714. The third-order valence-electron chi connectivity index (χ3n) is 3.00. The van der Waals surface area contributed by atoms with Gasteiger partial charge in [-0.2, -0.15) is 0 Å². The van der Waals surface area contributed by atoms with Gasteiger partial charge in [0.1, 0.15) is 5.69 Å². The topological polar surface area (TPSA) is 65.1 Å². The van der Waals surface area contributed by atoms with Crippen molar-refractivity contribution in [1.29, 1.82) is 0 Å². The molecule has 0 bridgehead atoms. The molecule has 102 valence electrons. The van der Waals surface area contributed by atoms with Gasteiger partial charge >= 0.3 is 5.97 Å². The lowest BCUT2D eigenvalue weighted by molar-refractivity contribution is 0.0691. The van der Waals surface area contributed by atoms with Gasteiger partial charge in [-0.1, -0.05) is 12.1 Å². The second kappa shape index (κ2) is 5.22. The number of aromatic amines is 1. The first-order chi connectivity index (χ1) is 9.65. The first kappa shape index (κ1) is 13.1. The second-order valence-electron chi connectivity index (χ2n) is 4.34. The molecule has 0 spiro atoms. The van der Waals surface area contributed by atoms with Gasteiger partial charge in [0.25, 0.3) is 0 Å². The van der Waals surface area contributed by atoms with Crippen LogP contribution < -0.4 is 4.72 Å². The van der Waals surface area contributed by atoms with Crippen LogP contribution in [0.5, 0.6) is 0 Å². The molecule has 0 saturated heterocycles. The Hall–Kier alpha value is -1.92. The van der Waals surface area contributed by atoms with E-state index in [2.05, 4.69) is 9.71 Å². The average Bonchev–Trinajstić information content (AvgIpc) is 3.07. The quantitative estimate of drug-likeness (QED) is 0.627. The predicted molar refractivity (Wildman–Crippen MR) is 83.8 cm³/mol. The van der Waals surface area contributed by atoms with E-state index in [1.807, 2.05) is 36.6 Å². The van der Waals surface area contributed by atoms with Gasteiger partial charge in [-0.3, -0.25) is 0 Å². The van der Waals surface area contributed by atoms with Crippen molar-refractivity contribution in [2.24, 2.45) is 0 Å². The Kier molecular flexibility index (Phi) is 3.42. The van der Waals surface area contributed by atoms with E-state index < -0.39 is 5.97 Å². The summed E-state index contributed by atoms with van der Waals surface area (Å²) in [7, 11) is 0. The summed E-state index contributed by atoms with van der Waals surface area (Å²) in [6.07, 6.45) is 0. The van der Waals surface area contributed by atoms with Crippen LogP contribution in [-0.4, -0.2) is 16.1 Å². The number of fused-ring (bicyclic) bond motifs is 1. The number of carboxylic acid groups (broad SMARTS) is 1. The largest absolute Gasteiger partial charge is 0.477 e. The Labute approximate surface area is 124 Å². The molecule has 0 radical (unpaired) electrons. The summed E-state index contributed by atoms with van der Waals surface area (Å²) < 4.78 is 4.43. The minimum atomic E-state index is -0.947. The third-order valence-corrected chi connectivity index (χ3v) is 4.86. The molecule has 3 rings (SSSR count). The molecule has 0 atom stereocenters. The zero-order chi connectivity index (χ0) is 14.1. The van der Waals surface area contributed by atoms with E-state index in [1.165, 1.54) is 11.9 Å². The number of hydrogen-bond acceptors (Lipinski definition) is 4. The number of nitrogens with one attached hydrogen (secondary N) is 2. The molecule has 2 heterocycles. The number of hydrogen-bond donors (Lipinski definition) is 3. The van der Waals surface area contributed by atoms with Crippen molar-refractivity contribution in [2.75, 3.05) is 4.72 Å². The molecule has 0 saturated carbocycles. The Balaban J connectivity index is 1.98. The fourth-order valence-corrected chi connectivity index (χ4v) is 3.45. The second-order valence-corrected chi connectivity index (χ2v) is 6.40. The molecule has 3 aromatic rings. The molecular weight excluding hydrogens is 292 g/mol. The van der Waals surface area contributed by atoms with Gasteiger partial charge in [0.2, 0.25) is 0 Å². The van der Waals surface area contributed by atoms with Gasteiger partial charge in [-0.05, 0) is 48.0 Å². The summed E-state index contributed by atoms with van der Waals surface area (Å²) >= 11 is 3.18. The fourth-order valence-electron chi connectivity index (χ4n) is 1.99. The van der Waals surface area contributed by atoms with E-state index in [0.29, 0.717) is 0 Å². The summed E-state index contributed by atoms with van der Waals surface area (Å²) in [5.74, 6) is -0.947. The highest BCUT2D eigenvalue weighted by atomic mass is 32.2. The number of anilines is 1. The smallest absolute Gasteiger partial charge is 0.352 e. The van der Waals surface area contributed by atoms with Crippen LogP contribution in [0.4, 0.5) is 5.69 Å². The molecule has 20 heavy (non-hydrogen) atoms. The van der Waals surface area contributed by atoms with Crippen molar-refractivity contribution >= 4 is 45.8 Å². The monoisotopic (exact) mass is 304 g/mol. The summed E-state index contributed by atoms with van der Waals surface area (Å²) in [6, 6.07) is 9.65. The Morgan fingerprint density at radius 1 is 1.40 bits per heavy atom. The van der Waals surface area contributed by atoms with Crippen LogP contribution in [0.25, 0.3) is 10.9 Å². The van der Waals surface area contributed by atoms with Crippen molar-refractivity contribution in [3.63, 3.8) is 0 Å². The first-order valence-electron chi connectivity index (χ1n) is 5.97. The van der Waals surface area contributed by atoms with Gasteiger partial charge in [-0.15, -0.1) is 11.3 Å². The van der Waals surface area contributed by atoms with E-state index in [0.717, 1.165) is 26.4 Å². The number of carbonyl (C=O) groups is 1. The minimum Gasteiger partial charge on any atom is -0.477 e. The van der Waals surface area contributed by atoms with Crippen LogP contribution >= 0.6 is 23.3 Å². The molecule has 4 nitrogen and oxygen atoms in total. The number of H-pyrrole nitrogens is 1. The standard InChI is InChI=1S/C14H12N2O2S2/c1-8-4-5-10(16-20-12-3-2-6-19-12)13-9(8)7-11(15-13)14(17)18/h2-7,15-16H,1H3,(H,17,18). The summed E-state index contributed by atoms with van der Waals surface area (Å²) in [6.45, 7) is 1.97. The minimum absolute atomic E-state index is 0.207. The van der Waals surface area contributed by atoms with Gasteiger partial charge in [0.15, 0.2) is 0 Å². The SMILES string of the molecule is Cc1ccc(NSc2cccs2)c2[nH]c(C(=O)O)cc12. The molecule has 0 fully saturated rings. The lowest BCUT2D eigenvalue weighted by Gasteiger charge is -2.06. The number of carboxylic acids is 1. The Bertz CT molecular complexity index is 763. The third kappa shape index (κ3) is 2.39. The number of aromatic nitrogens is 1. The Morgan fingerprint density at radius 2 is 2.25 bits per heavy atom. The zero-order valence-electron chi connectivity index (χ0n) is 10.6. The van der Waals surface area contributed by atoms with Crippen molar-refractivity contribution in [3.05, 3.63) is 47.0 Å². The normalized spacial score (nSPS) is 10.8. The van der Waals surface area contributed by atoms with Gasteiger partial charge in [0.05, 0.1) is 15.4 Å². The molecule has 3 N–H and O–H groups in total. The highest BCUT2D eigenvalue weighted by molar-refractivity contribution is 8.02. The van der Waals surface area contributed by atoms with Crippen LogP contribution in [-0.2, 0) is 0 Å². The predicted octanol–water partition coefficient (Wildman–Crippen LogP) is 4.36. The van der Waals surface area contributed by atoms with Crippen LogP contribution in [0.15, 0.2) is 39.9 Å². The number of aromatic carboxylic acids is 1. The van der Waals surface area contributed by atoms with Gasteiger partial charge in [-0.25, -0.2) is 4.79 Å². The molecule has 1 aromatic carbocycles. The maximum atomic E-state index is 11.1. The van der Waals surface area contributed by atoms with Crippen LogP contribution in [0.2, 0.25) is 0 Å². The molecule has 2 aromatic heterocycles. The lowest BCUT2D eigenvalue weighted by Crippen LogP contribution is -1.95. The van der Waals surface area contributed by atoms with E-state index in [-0.39, 0.29) is 5.69 Å². The van der Waals surface area contributed by atoms with Gasteiger partial charge in [0, 0.05) is 5.39 Å². The zero-order valence-corrected chi connectivity index (χ0v) is 12.3. The molecule has 0 aliphatic carbocycles. The maximum Gasteiger partial charge on any atom is 0.352 e. The highest BCUT2D eigenvalue weighted by Gasteiger charge is 2.12. The summed E-state index contributed by atoms with van der Waals surface area (Å²) in [5, 5.41) is 12.0. The van der Waals surface area contributed by atoms with E-state index in [1.54, 1.807) is 17.4 Å². The molecule has 0 amide bonds. The summed E-state index contributed by atoms with van der Waals surface area (Å²) in [5.41, 5.74) is 2.97. The number of benzene rings is 1. The molecule has 0 aliphatic rings. The van der Waals surface area contributed by atoms with Crippen molar-refractivity contribution in [1.82, 2.24) is 4.98 Å². The first-order valence-corrected chi connectivity index (χ1v) is 7.67. The average molecular weight is 304 g/mol. The molecular formula is C14H12N2O2S2. The maximum absolute atomic E-state index is 11.1. The van der Waals surface area contributed by atoms with Crippen molar-refractivity contribution in [3.8, 4) is 0 Å². The van der Waals surface area contributed by atoms with E-state index >= 15 is 0 Å². The van der Waals surface area contributed by atoms with Crippen molar-refractivity contribution < 1.29 is 9.90 Å². The van der Waals surface area contributed by atoms with Gasteiger partial charge < -0.3 is 14.8 Å². The number of rotatable bonds is 4. The van der Waals surface area contributed by atoms with Crippen molar-refractivity contribution in [2.45, 2.75) is 11.1 Å². The van der Waals surface area contributed by atoms with Crippen LogP contribution in [0.1, 0.15) is 16.1 Å². The Morgan fingerprint density at radius 3 is 2.95 bits per heavy atom. The van der Waals surface area contributed by atoms with Crippen LogP contribution in [0, 0.1) is 6.92 Å². The molecule has 0 unspecified atom stereocenters. The van der Waals surface area contributed by atoms with E-state index in [9.17, 15) is 4.79 Å². The molecule has 6 heteroatoms. The number of thiophene rings is 1.